The number of carbonyl (C=O) groups is 3. The maximum absolute atomic E-state index is 13.0. The zero-order valence-electron chi connectivity index (χ0n) is 18.2. The van der Waals surface area contributed by atoms with Gasteiger partial charge < -0.3 is 14.7 Å². The highest BCUT2D eigenvalue weighted by atomic mass is 16.5. The standard InChI is InChI=1S/C24H26N2O5/c1-14(2)21(27)19-20(15-6-10-17(11-7-15)25(3)4)26(23(29)22(19)28)18-12-8-16(9-13-18)24(30)31-5/h6-14,20,28H,1-5H3. The highest BCUT2D eigenvalue weighted by Gasteiger charge is 2.44. The number of anilines is 2. The lowest BCUT2D eigenvalue weighted by Gasteiger charge is -2.28. The van der Waals surface area contributed by atoms with Crippen LogP contribution in [-0.2, 0) is 14.3 Å². The van der Waals surface area contributed by atoms with Gasteiger partial charge in [-0.15, -0.1) is 0 Å². The lowest BCUT2D eigenvalue weighted by atomic mass is 9.91. The number of aliphatic hydroxyl groups is 1. The first-order valence-corrected chi connectivity index (χ1v) is 9.94. The number of rotatable bonds is 6. The van der Waals surface area contributed by atoms with E-state index in [1.165, 1.54) is 12.0 Å². The fraction of sp³-hybridized carbons (Fsp3) is 0.292. The lowest BCUT2D eigenvalue weighted by Crippen LogP contribution is -2.31. The first-order chi connectivity index (χ1) is 14.7. The zero-order valence-corrected chi connectivity index (χ0v) is 18.2. The van der Waals surface area contributed by atoms with Crippen LogP contribution in [0.5, 0.6) is 0 Å². The molecule has 1 atom stereocenters. The van der Waals surface area contributed by atoms with Crippen molar-refractivity contribution in [2.45, 2.75) is 19.9 Å². The van der Waals surface area contributed by atoms with E-state index in [0.29, 0.717) is 16.8 Å². The Balaban J connectivity index is 2.11. The average Bonchev–Trinajstić information content (AvgIpc) is 3.03. The predicted molar refractivity (Wildman–Crippen MR) is 118 cm³/mol. The number of Topliss-reactive ketones (excluding diaryl/α,β-unsaturated/α-hetero) is 1. The molecule has 0 aliphatic carbocycles. The molecule has 0 fully saturated rings. The van der Waals surface area contributed by atoms with Gasteiger partial charge in [0.25, 0.3) is 5.91 Å². The van der Waals surface area contributed by atoms with Gasteiger partial charge in [0.1, 0.15) is 0 Å². The Morgan fingerprint density at radius 2 is 1.61 bits per heavy atom. The molecule has 0 aromatic heterocycles. The number of carbonyl (C=O) groups excluding carboxylic acids is 3. The molecule has 7 nitrogen and oxygen atoms in total. The van der Waals surface area contributed by atoms with Gasteiger partial charge in [-0.1, -0.05) is 26.0 Å². The van der Waals surface area contributed by atoms with Crippen LogP contribution in [0, 0.1) is 5.92 Å². The number of hydrogen-bond donors (Lipinski definition) is 1. The topological polar surface area (TPSA) is 87.1 Å². The summed E-state index contributed by atoms with van der Waals surface area (Å²) in [7, 11) is 5.13. The fourth-order valence-corrected chi connectivity index (χ4v) is 3.58. The number of nitrogens with zero attached hydrogens (tertiary/aromatic N) is 2. The van der Waals surface area contributed by atoms with Crippen molar-refractivity contribution in [1.82, 2.24) is 0 Å². The number of ether oxygens (including phenoxy) is 1. The quantitative estimate of drug-likeness (QED) is 0.715. The van der Waals surface area contributed by atoms with Crippen LogP contribution >= 0.6 is 0 Å². The second-order valence-electron chi connectivity index (χ2n) is 7.88. The maximum Gasteiger partial charge on any atom is 0.337 e. The Hall–Kier alpha value is -3.61. The summed E-state index contributed by atoms with van der Waals surface area (Å²) >= 11 is 0. The molecule has 0 saturated carbocycles. The molecule has 0 radical (unpaired) electrons. The molecule has 1 amide bonds. The molecule has 2 aromatic carbocycles. The SMILES string of the molecule is COC(=O)c1ccc(N2C(=O)C(O)=C(C(=O)C(C)C)C2c2ccc(N(C)C)cc2)cc1. The van der Waals surface area contributed by atoms with Gasteiger partial charge in [-0.3, -0.25) is 14.5 Å². The summed E-state index contributed by atoms with van der Waals surface area (Å²) in [6.07, 6.45) is 0. The molecular formula is C24H26N2O5. The third-order valence-corrected chi connectivity index (χ3v) is 5.29. The highest BCUT2D eigenvalue weighted by molar-refractivity contribution is 6.17. The largest absolute Gasteiger partial charge is 0.503 e. The summed E-state index contributed by atoms with van der Waals surface area (Å²) in [4.78, 5) is 41.1. The molecule has 1 aliphatic heterocycles. The number of aliphatic hydroxyl groups excluding tert-OH is 1. The summed E-state index contributed by atoms with van der Waals surface area (Å²) in [5.41, 5.74) is 2.53. The maximum atomic E-state index is 13.0. The van der Waals surface area contributed by atoms with E-state index in [-0.39, 0.29) is 11.4 Å². The van der Waals surface area contributed by atoms with Crippen molar-refractivity contribution in [2.75, 3.05) is 31.0 Å². The van der Waals surface area contributed by atoms with Gasteiger partial charge in [0, 0.05) is 31.4 Å². The Morgan fingerprint density at radius 1 is 1.03 bits per heavy atom. The van der Waals surface area contributed by atoms with Crippen molar-refractivity contribution in [1.29, 1.82) is 0 Å². The van der Waals surface area contributed by atoms with Crippen molar-refractivity contribution in [3.63, 3.8) is 0 Å². The molecule has 1 heterocycles. The van der Waals surface area contributed by atoms with E-state index in [1.807, 2.05) is 43.3 Å². The van der Waals surface area contributed by atoms with Crippen LogP contribution in [0.2, 0.25) is 0 Å². The smallest absolute Gasteiger partial charge is 0.337 e. The third-order valence-electron chi connectivity index (χ3n) is 5.29. The third kappa shape index (κ3) is 4.03. The van der Waals surface area contributed by atoms with Crippen molar-refractivity contribution >= 4 is 29.0 Å². The van der Waals surface area contributed by atoms with Crippen LogP contribution in [-0.4, -0.2) is 44.0 Å². The number of hydrogen-bond acceptors (Lipinski definition) is 6. The van der Waals surface area contributed by atoms with Crippen LogP contribution in [0.25, 0.3) is 0 Å². The Bertz CT molecular complexity index is 1040. The van der Waals surface area contributed by atoms with Gasteiger partial charge in [-0.2, -0.15) is 0 Å². The summed E-state index contributed by atoms with van der Waals surface area (Å²) < 4.78 is 4.72. The minimum absolute atomic E-state index is 0.0784. The highest BCUT2D eigenvalue weighted by Crippen LogP contribution is 2.42. The van der Waals surface area contributed by atoms with E-state index in [4.69, 9.17) is 4.74 Å². The van der Waals surface area contributed by atoms with Crippen LogP contribution in [0.1, 0.15) is 35.8 Å². The first kappa shape index (κ1) is 22.1. The average molecular weight is 422 g/mol. The molecule has 1 aliphatic rings. The fourth-order valence-electron chi connectivity index (χ4n) is 3.58. The molecule has 0 saturated heterocycles. The first-order valence-electron chi connectivity index (χ1n) is 9.94. The Kier molecular flexibility index (Phi) is 6.15. The monoisotopic (exact) mass is 422 g/mol. The minimum Gasteiger partial charge on any atom is -0.503 e. The minimum atomic E-state index is -0.775. The Labute approximate surface area is 181 Å². The van der Waals surface area contributed by atoms with Gasteiger partial charge in [0.15, 0.2) is 11.5 Å². The zero-order chi connectivity index (χ0) is 22.9. The van der Waals surface area contributed by atoms with Crippen LogP contribution in [0.4, 0.5) is 11.4 Å². The molecular weight excluding hydrogens is 396 g/mol. The van der Waals surface area contributed by atoms with Crippen molar-refractivity contribution in [3.8, 4) is 0 Å². The molecule has 1 unspecified atom stereocenters. The van der Waals surface area contributed by atoms with E-state index < -0.39 is 29.6 Å². The summed E-state index contributed by atoms with van der Waals surface area (Å²) in [5.74, 6) is -2.38. The molecule has 162 valence electrons. The van der Waals surface area contributed by atoms with Crippen LogP contribution in [0.3, 0.4) is 0 Å². The van der Waals surface area contributed by atoms with Gasteiger partial charge in [-0.25, -0.2) is 4.79 Å². The van der Waals surface area contributed by atoms with E-state index in [1.54, 1.807) is 38.1 Å². The predicted octanol–water partition coefficient (Wildman–Crippen LogP) is 3.66. The second-order valence-corrected chi connectivity index (χ2v) is 7.88. The van der Waals surface area contributed by atoms with Crippen LogP contribution in [0.15, 0.2) is 59.9 Å². The van der Waals surface area contributed by atoms with Crippen molar-refractivity contribution in [2.24, 2.45) is 5.92 Å². The molecule has 7 heteroatoms. The molecule has 3 rings (SSSR count). The molecule has 0 bridgehead atoms. The van der Waals surface area contributed by atoms with E-state index >= 15 is 0 Å². The van der Waals surface area contributed by atoms with Gasteiger partial charge in [-0.05, 0) is 42.0 Å². The molecule has 31 heavy (non-hydrogen) atoms. The lowest BCUT2D eigenvalue weighted by molar-refractivity contribution is -0.119. The normalized spacial score (nSPS) is 16.1. The molecule has 2 aromatic rings. The van der Waals surface area contributed by atoms with Gasteiger partial charge >= 0.3 is 5.97 Å². The number of methoxy groups -OCH3 is 1. The van der Waals surface area contributed by atoms with Crippen LogP contribution < -0.4 is 9.80 Å². The van der Waals surface area contributed by atoms with Gasteiger partial charge in [0.05, 0.1) is 24.3 Å². The number of amides is 1. The van der Waals surface area contributed by atoms with E-state index in [9.17, 15) is 19.5 Å². The number of ketones is 1. The van der Waals surface area contributed by atoms with E-state index in [2.05, 4.69) is 0 Å². The summed E-state index contributed by atoms with van der Waals surface area (Å²) in [6, 6.07) is 13.0. The number of benzene rings is 2. The molecule has 1 N–H and O–H groups in total. The second kappa shape index (κ2) is 8.63. The number of esters is 1. The van der Waals surface area contributed by atoms with Gasteiger partial charge in [0.2, 0.25) is 0 Å². The summed E-state index contributed by atoms with van der Waals surface area (Å²) in [6.45, 7) is 3.46. The Morgan fingerprint density at radius 3 is 2.10 bits per heavy atom. The molecule has 0 spiro atoms. The van der Waals surface area contributed by atoms with E-state index in [0.717, 1.165) is 5.69 Å². The van der Waals surface area contributed by atoms with Crippen molar-refractivity contribution in [3.05, 3.63) is 71.0 Å². The van der Waals surface area contributed by atoms with Crippen molar-refractivity contribution < 1.29 is 24.2 Å². The summed E-state index contributed by atoms with van der Waals surface area (Å²) in [5, 5.41) is 10.6.